The molecule has 154 valence electrons. The van der Waals surface area contributed by atoms with Gasteiger partial charge in [-0.3, -0.25) is 19.9 Å². The van der Waals surface area contributed by atoms with E-state index in [0.29, 0.717) is 11.5 Å². The van der Waals surface area contributed by atoms with E-state index in [0.717, 1.165) is 43.5 Å². The Labute approximate surface area is 169 Å². The van der Waals surface area contributed by atoms with Crippen LogP contribution in [-0.4, -0.2) is 43.8 Å². The normalized spacial score (nSPS) is 22.1. The first-order valence-electron chi connectivity index (χ1n) is 10.00. The average Bonchev–Trinajstić information content (AvgIpc) is 3.06. The van der Waals surface area contributed by atoms with Crippen molar-refractivity contribution >= 4 is 17.8 Å². The molecule has 2 heterocycles. The number of H-pyrrole nitrogens is 1. The molecule has 2 aliphatic rings. The Balaban J connectivity index is 1.26. The van der Waals surface area contributed by atoms with Crippen LogP contribution in [0.5, 0.6) is 0 Å². The molecule has 2 saturated carbocycles. The molecule has 4 rings (SSSR count). The summed E-state index contributed by atoms with van der Waals surface area (Å²) in [5.74, 6) is 0.512. The molecule has 2 fully saturated rings. The number of amides is 2. The monoisotopic (exact) mass is 398 g/mol. The fraction of sp³-hybridized carbons (Fsp3) is 0.550. The van der Waals surface area contributed by atoms with Gasteiger partial charge in [-0.25, -0.2) is 4.79 Å². The molecule has 2 atom stereocenters. The molecular formula is C20H26N6O3. The quantitative estimate of drug-likeness (QED) is 0.687. The van der Waals surface area contributed by atoms with Crippen molar-refractivity contribution in [2.45, 2.75) is 69.9 Å². The zero-order valence-corrected chi connectivity index (χ0v) is 16.7. The predicted molar refractivity (Wildman–Crippen MR) is 105 cm³/mol. The van der Waals surface area contributed by atoms with Gasteiger partial charge < -0.3 is 15.4 Å². The third-order valence-corrected chi connectivity index (χ3v) is 5.54. The predicted octanol–water partition coefficient (Wildman–Crippen LogP) is 2.60. The number of aromatic nitrogens is 4. The standard InChI is InChI=1S/C20H26N6O3/c1-12-10-22-14(11-21-12)8-18(27)23-17-9-16(25-26-17)13-3-4-15(7-13)29-19(28)24-20(2)5-6-20/h9-11,13,15H,3-8H2,1-2H3,(H,24,28)(H2,23,25,26,27)/t13-,15?/m0/s1. The van der Waals surface area contributed by atoms with Crippen LogP contribution in [0.15, 0.2) is 18.5 Å². The summed E-state index contributed by atoms with van der Waals surface area (Å²) in [5.41, 5.74) is 2.29. The van der Waals surface area contributed by atoms with Gasteiger partial charge in [0.05, 0.1) is 17.8 Å². The van der Waals surface area contributed by atoms with Crippen LogP contribution in [0.2, 0.25) is 0 Å². The Hall–Kier alpha value is -2.97. The Morgan fingerprint density at radius 2 is 2.10 bits per heavy atom. The number of ether oxygens (including phenoxy) is 1. The maximum absolute atomic E-state index is 12.2. The molecular weight excluding hydrogens is 372 g/mol. The fourth-order valence-electron chi connectivity index (χ4n) is 3.54. The summed E-state index contributed by atoms with van der Waals surface area (Å²) >= 11 is 0. The summed E-state index contributed by atoms with van der Waals surface area (Å²) in [6.45, 7) is 3.87. The van der Waals surface area contributed by atoms with E-state index < -0.39 is 0 Å². The van der Waals surface area contributed by atoms with Gasteiger partial charge in [0.2, 0.25) is 5.91 Å². The van der Waals surface area contributed by atoms with Crippen molar-refractivity contribution in [3.63, 3.8) is 0 Å². The first-order chi connectivity index (χ1) is 13.9. The van der Waals surface area contributed by atoms with Gasteiger partial charge in [-0.1, -0.05) is 0 Å². The molecule has 0 saturated heterocycles. The summed E-state index contributed by atoms with van der Waals surface area (Å²) in [4.78, 5) is 32.5. The van der Waals surface area contributed by atoms with Crippen LogP contribution >= 0.6 is 0 Å². The Bertz CT molecular complexity index is 890. The minimum atomic E-state index is -0.326. The maximum Gasteiger partial charge on any atom is 0.407 e. The van der Waals surface area contributed by atoms with E-state index in [-0.39, 0.29) is 36.0 Å². The van der Waals surface area contributed by atoms with Crippen molar-refractivity contribution < 1.29 is 14.3 Å². The number of anilines is 1. The van der Waals surface area contributed by atoms with E-state index in [4.69, 9.17) is 4.74 Å². The van der Waals surface area contributed by atoms with Crippen molar-refractivity contribution in [3.05, 3.63) is 35.5 Å². The number of carbonyl (C=O) groups is 2. The van der Waals surface area contributed by atoms with E-state index in [1.165, 1.54) is 0 Å². The van der Waals surface area contributed by atoms with Crippen molar-refractivity contribution in [2.24, 2.45) is 0 Å². The number of aryl methyl sites for hydroxylation is 1. The van der Waals surface area contributed by atoms with E-state index in [1.54, 1.807) is 12.4 Å². The van der Waals surface area contributed by atoms with Crippen molar-refractivity contribution in [2.75, 3.05) is 5.32 Å². The molecule has 0 radical (unpaired) electrons. The maximum atomic E-state index is 12.2. The highest BCUT2D eigenvalue weighted by Gasteiger charge is 2.40. The van der Waals surface area contributed by atoms with Gasteiger partial charge in [0, 0.05) is 35.6 Å². The second kappa shape index (κ2) is 7.81. The molecule has 2 aliphatic carbocycles. The zero-order valence-electron chi connectivity index (χ0n) is 16.7. The molecule has 0 bridgehead atoms. The van der Waals surface area contributed by atoms with Crippen molar-refractivity contribution in [1.82, 2.24) is 25.5 Å². The zero-order chi connectivity index (χ0) is 20.4. The van der Waals surface area contributed by atoms with Crippen molar-refractivity contribution in [3.8, 4) is 0 Å². The first kappa shape index (κ1) is 19.4. The minimum absolute atomic E-state index is 0.0737. The number of nitrogens with zero attached hydrogens (tertiary/aromatic N) is 3. The number of carbonyl (C=O) groups excluding carboxylic acids is 2. The summed E-state index contributed by atoms with van der Waals surface area (Å²) < 4.78 is 5.56. The fourth-order valence-corrected chi connectivity index (χ4v) is 3.54. The largest absolute Gasteiger partial charge is 0.446 e. The van der Waals surface area contributed by atoms with Gasteiger partial charge in [0.25, 0.3) is 0 Å². The average molecular weight is 398 g/mol. The van der Waals surface area contributed by atoms with Crippen LogP contribution in [0, 0.1) is 6.92 Å². The second-order valence-corrected chi connectivity index (χ2v) is 8.31. The van der Waals surface area contributed by atoms with Crippen LogP contribution < -0.4 is 10.6 Å². The lowest BCUT2D eigenvalue weighted by Gasteiger charge is -2.16. The number of alkyl carbamates (subject to hydrolysis) is 1. The van der Waals surface area contributed by atoms with E-state index in [2.05, 4.69) is 30.8 Å². The molecule has 2 aromatic rings. The van der Waals surface area contributed by atoms with Crippen LogP contribution in [0.3, 0.4) is 0 Å². The molecule has 29 heavy (non-hydrogen) atoms. The van der Waals surface area contributed by atoms with Crippen LogP contribution in [0.1, 0.15) is 62.0 Å². The smallest absolute Gasteiger partial charge is 0.407 e. The van der Waals surface area contributed by atoms with Crippen LogP contribution in [-0.2, 0) is 16.0 Å². The molecule has 1 unspecified atom stereocenters. The number of nitrogens with one attached hydrogen (secondary N) is 3. The molecule has 2 aromatic heterocycles. The molecule has 3 N–H and O–H groups in total. The van der Waals surface area contributed by atoms with Crippen molar-refractivity contribution in [1.29, 1.82) is 0 Å². The van der Waals surface area contributed by atoms with E-state index in [9.17, 15) is 9.59 Å². The van der Waals surface area contributed by atoms with E-state index in [1.807, 2.05) is 19.9 Å². The molecule has 9 heteroatoms. The highest BCUT2D eigenvalue weighted by molar-refractivity contribution is 5.91. The molecule has 0 aliphatic heterocycles. The van der Waals surface area contributed by atoms with Crippen LogP contribution in [0.25, 0.3) is 0 Å². The Kier molecular flexibility index (Phi) is 5.21. The highest BCUT2D eigenvalue weighted by Crippen LogP contribution is 2.37. The Morgan fingerprint density at radius 1 is 1.28 bits per heavy atom. The lowest BCUT2D eigenvalue weighted by Crippen LogP contribution is -2.36. The number of hydrogen-bond donors (Lipinski definition) is 3. The third kappa shape index (κ3) is 5.10. The van der Waals surface area contributed by atoms with E-state index >= 15 is 0 Å². The minimum Gasteiger partial charge on any atom is -0.446 e. The van der Waals surface area contributed by atoms with Gasteiger partial charge in [-0.2, -0.15) is 5.10 Å². The molecule has 9 nitrogen and oxygen atoms in total. The highest BCUT2D eigenvalue weighted by atomic mass is 16.6. The molecule has 2 amide bonds. The van der Waals surface area contributed by atoms with Gasteiger partial charge in [-0.15, -0.1) is 0 Å². The summed E-state index contributed by atoms with van der Waals surface area (Å²) in [7, 11) is 0. The Morgan fingerprint density at radius 3 is 2.83 bits per heavy atom. The van der Waals surface area contributed by atoms with Gasteiger partial charge in [-0.05, 0) is 46.0 Å². The molecule has 0 spiro atoms. The van der Waals surface area contributed by atoms with Gasteiger partial charge >= 0.3 is 6.09 Å². The number of aromatic amines is 1. The second-order valence-electron chi connectivity index (χ2n) is 8.31. The first-order valence-corrected chi connectivity index (χ1v) is 10.00. The van der Waals surface area contributed by atoms with Gasteiger partial charge in [0.1, 0.15) is 6.10 Å². The summed E-state index contributed by atoms with van der Waals surface area (Å²) in [5, 5.41) is 12.9. The SMILES string of the molecule is Cc1cnc(CC(=O)Nc2cc([C@H]3CCC(OC(=O)NC4(C)CC4)C3)[nH]n2)cn1. The number of hydrogen-bond acceptors (Lipinski definition) is 6. The summed E-state index contributed by atoms with van der Waals surface area (Å²) in [6, 6.07) is 1.84. The molecule has 0 aromatic carbocycles. The topological polar surface area (TPSA) is 122 Å². The lowest BCUT2D eigenvalue weighted by atomic mass is 10.0. The lowest BCUT2D eigenvalue weighted by molar-refractivity contribution is -0.115. The number of rotatable bonds is 6. The third-order valence-electron chi connectivity index (χ3n) is 5.54. The summed E-state index contributed by atoms with van der Waals surface area (Å²) in [6.07, 6.45) is 7.45. The van der Waals surface area contributed by atoms with Gasteiger partial charge in [0.15, 0.2) is 5.82 Å². The van der Waals surface area contributed by atoms with Crippen LogP contribution in [0.4, 0.5) is 10.6 Å².